The van der Waals surface area contributed by atoms with Gasteiger partial charge in [-0.05, 0) is 266 Å². The van der Waals surface area contributed by atoms with Crippen molar-refractivity contribution in [1.82, 2.24) is 0 Å². The van der Waals surface area contributed by atoms with Crippen LogP contribution in [0.4, 0.5) is 0 Å². The summed E-state index contributed by atoms with van der Waals surface area (Å²) in [5.74, 6) is 6.01. The Bertz CT molecular complexity index is 8570. The predicted molar refractivity (Wildman–Crippen MR) is 514 cm³/mol. The molecule has 0 radical (unpaired) electrons. The number of rotatable bonds is 8. The van der Waals surface area contributed by atoms with Crippen molar-refractivity contribution in [1.29, 1.82) is 0 Å². The zero-order chi connectivity index (χ0) is 83.0. The Balaban J connectivity index is 0.586. The van der Waals surface area contributed by atoms with E-state index < -0.39 is 21.4 Å². The maximum atomic E-state index is 17.9. The first-order valence-electron chi connectivity index (χ1n) is 42.3. The summed E-state index contributed by atoms with van der Waals surface area (Å²) in [6.45, 7) is 0. The van der Waals surface area contributed by atoms with Crippen LogP contribution in [-0.4, -0.2) is 0 Å². The van der Waals surface area contributed by atoms with Crippen molar-refractivity contribution < 1.29 is 42.1 Å². The number of hydrogen-bond donors (Lipinski definition) is 0. The third kappa shape index (κ3) is 10.2. The molecule has 3 atom stereocenters. The van der Waals surface area contributed by atoms with Crippen LogP contribution in [0.2, 0.25) is 0 Å². The van der Waals surface area contributed by atoms with Gasteiger partial charge < -0.3 is 42.1 Å². The van der Waals surface area contributed by atoms with Crippen LogP contribution in [0.5, 0.6) is 69.0 Å². The molecule has 6 aliphatic rings. The van der Waals surface area contributed by atoms with Crippen LogP contribution in [0.3, 0.4) is 0 Å². The highest BCUT2D eigenvalue weighted by atomic mass is 31.2. The first-order chi connectivity index (χ1) is 62.0. The third-order valence-electron chi connectivity index (χ3n) is 26.5. The Kier molecular flexibility index (Phi) is 15.0. The van der Waals surface area contributed by atoms with Crippen molar-refractivity contribution in [3.05, 3.63) is 394 Å². The number of para-hydroxylation sites is 1. The molecular formula is C114H65O9P3. The largest absolute Gasteiger partial charge is 0.456 e. The Morgan fingerprint density at radius 3 is 0.976 bits per heavy atom. The summed E-state index contributed by atoms with van der Waals surface area (Å²) in [6, 6.07) is 134. The van der Waals surface area contributed by atoms with Gasteiger partial charge in [0, 0.05) is 32.8 Å². The fourth-order valence-electron chi connectivity index (χ4n) is 20.6. The molecule has 0 spiro atoms. The van der Waals surface area contributed by atoms with Crippen LogP contribution < -0.4 is 76.2 Å². The third-order valence-corrected chi connectivity index (χ3v) is 35.9. The van der Waals surface area contributed by atoms with Gasteiger partial charge in [-0.25, -0.2) is 0 Å². The van der Waals surface area contributed by atoms with E-state index >= 15 is 13.7 Å². The summed E-state index contributed by atoms with van der Waals surface area (Å²) in [6.07, 6.45) is 0. The van der Waals surface area contributed by atoms with Gasteiger partial charge in [-0.1, -0.05) is 249 Å². The molecule has 6 heterocycles. The lowest BCUT2D eigenvalue weighted by Crippen LogP contribution is -2.35. The van der Waals surface area contributed by atoms with Crippen molar-refractivity contribution in [3.63, 3.8) is 0 Å². The van der Waals surface area contributed by atoms with Gasteiger partial charge in [0.1, 0.15) is 84.9 Å². The quantitative estimate of drug-likeness (QED) is 0.109. The van der Waals surface area contributed by atoms with Gasteiger partial charge in [0.05, 0.1) is 31.8 Å². The summed E-state index contributed by atoms with van der Waals surface area (Å²) in [7, 11) is -11.3. The Morgan fingerprint density at radius 1 is 0.151 bits per heavy atom. The summed E-state index contributed by atoms with van der Waals surface area (Å²) < 4.78 is 95.0. The molecular weight excluding hydrogens is 1610 g/mol. The van der Waals surface area contributed by atoms with E-state index in [0.29, 0.717) is 117 Å². The molecule has 21 aromatic carbocycles. The molecule has 6 aliphatic heterocycles. The van der Waals surface area contributed by atoms with Crippen molar-refractivity contribution in [2.75, 3.05) is 0 Å². The highest BCUT2D eigenvalue weighted by Gasteiger charge is 2.52. The average molecular weight is 1670 g/mol. The van der Waals surface area contributed by atoms with E-state index in [1.807, 2.05) is 176 Å². The second kappa shape index (κ2) is 26.6. The Labute approximate surface area is 723 Å². The molecule has 0 amide bonds. The zero-order valence-corrected chi connectivity index (χ0v) is 69.7. The maximum absolute atomic E-state index is 17.9. The molecule has 27 rings (SSSR count). The lowest BCUT2D eigenvalue weighted by molar-refractivity contribution is 0.464. The van der Waals surface area contributed by atoms with Gasteiger partial charge in [-0.15, -0.1) is 0 Å². The molecule has 12 heteroatoms. The molecule has 0 saturated carbocycles. The number of ether oxygens (including phenoxy) is 6. The zero-order valence-electron chi connectivity index (χ0n) is 67.0. The van der Waals surface area contributed by atoms with Gasteiger partial charge in [0.25, 0.3) is 0 Å². The molecule has 0 saturated heterocycles. The van der Waals surface area contributed by atoms with E-state index in [9.17, 15) is 0 Å². The molecule has 21 aromatic rings. The minimum Gasteiger partial charge on any atom is -0.456 e. The predicted octanol–water partition coefficient (Wildman–Crippen LogP) is 27.5. The first kappa shape index (κ1) is 71.3. The van der Waals surface area contributed by atoms with Crippen LogP contribution in [0.25, 0.3) is 154 Å². The minimum atomic E-state index is -3.93. The fourth-order valence-corrected chi connectivity index (χ4v) is 29.8. The summed E-state index contributed by atoms with van der Waals surface area (Å²) in [5, 5.41) is 17.1. The molecule has 590 valence electrons. The number of benzene rings is 21. The highest BCUT2D eigenvalue weighted by molar-refractivity contribution is 7.87. The molecule has 0 aromatic heterocycles. The Hall–Kier alpha value is -15.3. The van der Waals surface area contributed by atoms with Gasteiger partial charge in [-0.3, -0.25) is 0 Å². The molecule has 126 heavy (non-hydrogen) atoms. The van der Waals surface area contributed by atoms with E-state index in [0.717, 1.165) is 148 Å². The smallest absolute Gasteiger partial charge is 0.185 e. The molecule has 9 nitrogen and oxygen atoms in total. The van der Waals surface area contributed by atoms with Crippen LogP contribution in [0, 0.1) is 0 Å². The molecule has 3 unspecified atom stereocenters. The molecule has 0 aliphatic carbocycles. The summed E-state index contributed by atoms with van der Waals surface area (Å²) >= 11 is 0. The minimum absolute atomic E-state index is 0.446. The monoisotopic (exact) mass is 1670 g/mol. The second-order valence-corrected chi connectivity index (χ2v) is 41.2. The molecule has 0 bridgehead atoms. The van der Waals surface area contributed by atoms with Crippen molar-refractivity contribution in [2.45, 2.75) is 0 Å². The van der Waals surface area contributed by atoms with Gasteiger partial charge in [0.15, 0.2) is 21.4 Å². The van der Waals surface area contributed by atoms with E-state index in [1.165, 1.54) is 5.39 Å². The standard InChI is InChI=1S/C114H65O9P3/c115-124-100-34-17-16-33-94(100)118-95-49-46-85(75-27-18-26-70(57-75)66-19-4-1-5-20-66)109(112(95)124)122-107-83-43-35-71(58-76(83)41-55-104(107)124)74-40-53-102-99(65-74)119-96-50-47-86(78-37-45-92-90-31-13-12-29-88(90)89-30-14-15-32-91(89)93(92)63-78)110-113(96)126(102,117)105-56-42-77-59-72(36-44-84(77)108(105)123-110)73-39-52-101-98(64-73)120-97-51-48-87(111-114(97)125(101,116)103-54-38-69-25-10-11-28-82(69)106(103)121-111)81-61-79(67-21-6-2-7-22-67)60-80(62-81)68-23-8-3-9-24-68/h1-65H. The summed E-state index contributed by atoms with van der Waals surface area (Å²) in [5.41, 5.74) is 14.9. The van der Waals surface area contributed by atoms with Crippen LogP contribution >= 0.6 is 21.4 Å². The van der Waals surface area contributed by atoms with Gasteiger partial charge in [0.2, 0.25) is 0 Å². The van der Waals surface area contributed by atoms with Gasteiger partial charge in [-0.2, -0.15) is 0 Å². The first-order valence-corrected chi connectivity index (χ1v) is 47.4. The lowest BCUT2D eigenvalue weighted by Gasteiger charge is -2.36. The van der Waals surface area contributed by atoms with Crippen LogP contribution in [0.15, 0.2) is 394 Å². The number of hydrogen-bond acceptors (Lipinski definition) is 9. The topological polar surface area (TPSA) is 107 Å². The van der Waals surface area contributed by atoms with Gasteiger partial charge >= 0.3 is 0 Å². The molecule has 0 fully saturated rings. The average Bonchev–Trinajstić information content (AvgIpc) is 0.697. The highest BCUT2D eigenvalue weighted by Crippen LogP contribution is 2.66. The van der Waals surface area contributed by atoms with Crippen molar-refractivity contribution in [2.24, 2.45) is 0 Å². The normalized spacial score (nSPS) is 16.5. The van der Waals surface area contributed by atoms with E-state index in [2.05, 4.69) is 218 Å². The second-order valence-electron chi connectivity index (χ2n) is 33.3. The van der Waals surface area contributed by atoms with E-state index in [1.54, 1.807) is 0 Å². The maximum Gasteiger partial charge on any atom is 0.185 e. The van der Waals surface area contributed by atoms with Crippen molar-refractivity contribution >= 4 is 134 Å². The lowest BCUT2D eigenvalue weighted by atomic mass is 9.92. The Morgan fingerprint density at radius 2 is 0.468 bits per heavy atom. The van der Waals surface area contributed by atoms with Crippen LogP contribution in [0.1, 0.15) is 0 Å². The van der Waals surface area contributed by atoms with Crippen molar-refractivity contribution in [3.8, 4) is 158 Å². The molecule has 0 N–H and O–H groups in total. The number of fused-ring (bicyclic) bond motifs is 24. The van der Waals surface area contributed by atoms with E-state index in [4.69, 9.17) is 28.4 Å². The van der Waals surface area contributed by atoms with E-state index in [-0.39, 0.29) is 0 Å². The SMILES string of the molecule is O=P12c3ccc(-c4ccc5c6c(ccc5c4)P4(=O)c5ccc(-c7ccc8c9c(ccc8c7)P7(=O)c8ccccc8Oc8ccc(-c%10cccc(-c%11ccccc%11)c%10)c(c87)O9)cc5Oc5ccc(-c7ccc8c9ccccc9c9ccccc9c8c7)c(c54)O6)cc3Oc3ccc(-c4cc(-c5ccccc5)cc(-c5ccccc5)c4)c(c31)Oc1c2ccc2ccccc12. The van der Waals surface area contributed by atoms with Crippen LogP contribution in [-0.2, 0) is 13.7 Å². The fraction of sp³-hybridized carbons (Fsp3) is 0. The summed E-state index contributed by atoms with van der Waals surface area (Å²) in [4.78, 5) is 0.